The van der Waals surface area contributed by atoms with Gasteiger partial charge in [0.1, 0.15) is 10.3 Å². The maximum absolute atomic E-state index is 6.34. The molecule has 4 aromatic rings. The van der Waals surface area contributed by atoms with E-state index in [1.165, 1.54) is 0 Å². The number of benzene rings is 1. The van der Waals surface area contributed by atoms with E-state index in [4.69, 9.17) is 23.2 Å². The minimum absolute atomic E-state index is 0.445. The monoisotopic (exact) mass is 354 g/mol. The van der Waals surface area contributed by atoms with E-state index in [1.807, 2.05) is 42.2 Å². The molecule has 0 aliphatic rings. The first kappa shape index (κ1) is 15.1. The van der Waals surface area contributed by atoms with Gasteiger partial charge in [-0.25, -0.2) is 9.97 Å². The van der Waals surface area contributed by atoms with Crippen LogP contribution in [-0.4, -0.2) is 19.7 Å². The van der Waals surface area contributed by atoms with Crippen molar-refractivity contribution in [3.05, 3.63) is 65.3 Å². The Kier molecular flexibility index (Phi) is 3.71. The van der Waals surface area contributed by atoms with Crippen LogP contribution in [0.3, 0.4) is 0 Å². The highest BCUT2D eigenvalue weighted by Crippen LogP contribution is 2.39. The van der Waals surface area contributed by atoms with E-state index in [1.54, 1.807) is 12.4 Å². The largest absolute Gasteiger partial charge is 0.268 e. The Bertz CT molecular complexity index is 1060. The number of hydrogen-bond acceptors (Lipinski definition) is 3. The molecule has 24 heavy (non-hydrogen) atoms. The zero-order chi connectivity index (χ0) is 16.7. The lowest BCUT2D eigenvalue weighted by atomic mass is 9.95. The molecule has 118 valence electrons. The van der Waals surface area contributed by atoms with E-state index in [0.717, 1.165) is 33.2 Å². The highest BCUT2D eigenvalue weighted by molar-refractivity contribution is 6.33. The lowest BCUT2D eigenvalue weighted by molar-refractivity contribution is 0.797. The normalized spacial score (nSPS) is 11.1. The van der Waals surface area contributed by atoms with Gasteiger partial charge in [0.05, 0.1) is 11.7 Å². The number of fused-ring (bicyclic) bond motifs is 1. The summed E-state index contributed by atoms with van der Waals surface area (Å²) in [4.78, 5) is 8.39. The lowest BCUT2D eigenvalue weighted by Crippen LogP contribution is -1.93. The summed E-state index contributed by atoms with van der Waals surface area (Å²) in [6.45, 7) is 0. The summed E-state index contributed by atoms with van der Waals surface area (Å²) in [5.74, 6) is 0. The number of nitrogens with zero attached hydrogens (tertiary/aromatic N) is 4. The molecular formula is C18H12Cl2N4. The molecule has 0 saturated heterocycles. The highest BCUT2D eigenvalue weighted by Gasteiger charge is 2.16. The molecular weight excluding hydrogens is 343 g/mol. The van der Waals surface area contributed by atoms with Crippen LogP contribution in [0.5, 0.6) is 0 Å². The Morgan fingerprint density at radius 3 is 2.00 bits per heavy atom. The number of aromatic nitrogens is 4. The summed E-state index contributed by atoms with van der Waals surface area (Å²) in [5, 5.41) is 6.24. The Morgan fingerprint density at radius 1 is 0.833 bits per heavy atom. The van der Waals surface area contributed by atoms with Gasteiger partial charge in [-0.1, -0.05) is 23.2 Å². The third-order valence-electron chi connectivity index (χ3n) is 3.98. The fourth-order valence-electron chi connectivity index (χ4n) is 2.82. The van der Waals surface area contributed by atoms with Crippen molar-refractivity contribution in [3.8, 4) is 22.3 Å². The van der Waals surface area contributed by atoms with Crippen LogP contribution in [0.4, 0.5) is 0 Å². The smallest absolute Gasteiger partial charge is 0.136 e. The highest BCUT2D eigenvalue weighted by atomic mass is 35.5. The van der Waals surface area contributed by atoms with Crippen molar-refractivity contribution in [3.63, 3.8) is 0 Å². The predicted molar refractivity (Wildman–Crippen MR) is 97.2 cm³/mol. The van der Waals surface area contributed by atoms with E-state index in [0.29, 0.717) is 10.3 Å². The molecule has 0 amide bonds. The summed E-state index contributed by atoms with van der Waals surface area (Å²) in [7, 11) is 1.91. The Morgan fingerprint density at radius 2 is 1.42 bits per heavy atom. The van der Waals surface area contributed by atoms with Crippen LogP contribution in [-0.2, 0) is 7.05 Å². The number of pyridine rings is 2. The first-order valence-electron chi connectivity index (χ1n) is 7.32. The fourth-order valence-corrected chi connectivity index (χ4v) is 3.26. The van der Waals surface area contributed by atoms with Crippen LogP contribution in [0.15, 0.2) is 55.0 Å². The quantitative estimate of drug-likeness (QED) is 0.475. The minimum atomic E-state index is 0.445. The van der Waals surface area contributed by atoms with E-state index in [-0.39, 0.29) is 0 Å². The second-order valence-corrected chi connectivity index (χ2v) is 6.12. The average Bonchev–Trinajstić information content (AvgIpc) is 2.95. The van der Waals surface area contributed by atoms with Gasteiger partial charge in [-0.15, -0.1) is 0 Å². The zero-order valence-electron chi connectivity index (χ0n) is 12.7. The van der Waals surface area contributed by atoms with E-state index in [2.05, 4.69) is 27.2 Å². The first-order valence-corrected chi connectivity index (χ1v) is 8.08. The molecule has 6 heteroatoms. The van der Waals surface area contributed by atoms with Crippen molar-refractivity contribution in [1.82, 2.24) is 19.7 Å². The molecule has 3 aromatic heterocycles. The van der Waals surface area contributed by atoms with Gasteiger partial charge in [0.15, 0.2) is 0 Å². The molecule has 0 unspecified atom stereocenters. The number of halogens is 2. The van der Waals surface area contributed by atoms with Gasteiger partial charge in [0, 0.05) is 36.0 Å². The van der Waals surface area contributed by atoms with Gasteiger partial charge in [-0.2, -0.15) is 5.10 Å². The molecule has 0 aliphatic carbocycles. The topological polar surface area (TPSA) is 43.6 Å². The third kappa shape index (κ3) is 2.44. The minimum Gasteiger partial charge on any atom is -0.268 e. The molecule has 0 bridgehead atoms. The number of rotatable bonds is 2. The van der Waals surface area contributed by atoms with Crippen LogP contribution < -0.4 is 0 Å². The van der Waals surface area contributed by atoms with Gasteiger partial charge in [0.25, 0.3) is 0 Å². The van der Waals surface area contributed by atoms with Crippen molar-refractivity contribution in [2.45, 2.75) is 0 Å². The zero-order valence-corrected chi connectivity index (χ0v) is 14.3. The molecule has 0 fully saturated rings. The molecule has 0 aliphatic heterocycles. The van der Waals surface area contributed by atoms with Gasteiger partial charge >= 0.3 is 0 Å². The molecule has 4 nitrogen and oxygen atoms in total. The van der Waals surface area contributed by atoms with E-state index in [9.17, 15) is 0 Å². The average molecular weight is 355 g/mol. The summed E-state index contributed by atoms with van der Waals surface area (Å²) in [6, 6.07) is 11.7. The second kappa shape index (κ2) is 5.89. The van der Waals surface area contributed by atoms with Crippen LogP contribution in [0.1, 0.15) is 0 Å². The SMILES string of the molecule is Cn1ncc2cc(-c3cccnc3Cl)c(-c3cccnc3Cl)cc21. The van der Waals surface area contributed by atoms with Crippen molar-refractivity contribution in [1.29, 1.82) is 0 Å². The summed E-state index contributed by atoms with van der Waals surface area (Å²) in [6.07, 6.45) is 5.17. The van der Waals surface area contributed by atoms with Crippen molar-refractivity contribution in [2.75, 3.05) is 0 Å². The third-order valence-corrected chi connectivity index (χ3v) is 4.59. The van der Waals surface area contributed by atoms with Crippen LogP contribution in [0.2, 0.25) is 10.3 Å². The summed E-state index contributed by atoms with van der Waals surface area (Å²) < 4.78 is 1.83. The molecule has 0 atom stereocenters. The van der Waals surface area contributed by atoms with Crippen molar-refractivity contribution < 1.29 is 0 Å². The van der Waals surface area contributed by atoms with Gasteiger partial charge in [-0.05, 0) is 47.5 Å². The van der Waals surface area contributed by atoms with Crippen molar-refractivity contribution >= 4 is 34.1 Å². The molecule has 0 spiro atoms. The Balaban J connectivity index is 2.10. The molecule has 1 aromatic carbocycles. The molecule has 0 saturated carbocycles. The second-order valence-electron chi connectivity index (χ2n) is 5.41. The van der Waals surface area contributed by atoms with Gasteiger partial charge < -0.3 is 0 Å². The standard InChI is InChI=1S/C18H12Cl2N4/c1-24-16-9-15(13-5-3-7-22-18(13)20)14(8-11(16)10-23-24)12-4-2-6-21-17(12)19/h2-10H,1H3. The predicted octanol–water partition coefficient (Wildman–Crippen LogP) is 5.00. The Labute approximate surface area is 148 Å². The molecule has 4 rings (SSSR count). The molecule has 3 heterocycles. The fraction of sp³-hybridized carbons (Fsp3) is 0.0556. The molecule has 0 radical (unpaired) electrons. The van der Waals surface area contributed by atoms with E-state index < -0.39 is 0 Å². The number of hydrogen-bond donors (Lipinski definition) is 0. The maximum Gasteiger partial charge on any atom is 0.136 e. The van der Waals surface area contributed by atoms with Crippen LogP contribution in [0.25, 0.3) is 33.2 Å². The summed E-state index contributed by atoms with van der Waals surface area (Å²) >= 11 is 12.7. The van der Waals surface area contributed by atoms with E-state index >= 15 is 0 Å². The lowest BCUT2D eigenvalue weighted by Gasteiger charge is -2.13. The van der Waals surface area contributed by atoms with Crippen LogP contribution in [0, 0.1) is 0 Å². The van der Waals surface area contributed by atoms with Gasteiger partial charge in [-0.3, -0.25) is 4.68 Å². The number of aryl methyl sites for hydroxylation is 1. The van der Waals surface area contributed by atoms with Gasteiger partial charge in [0.2, 0.25) is 0 Å². The van der Waals surface area contributed by atoms with Crippen molar-refractivity contribution in [2.24, 2.45) is 7.05 Å². The molecule has 0 N–H and O–H groups in total. The first-order chi connectivity index (χ1) is 11.6. The summed E-state index contributed by atoms with van der Waals surface area (Å²) in [5.41, 5.74) is 4.59. The van der Waals surface area contributed by atoms with Crippen LogP contribution >= 0.6 is 23.2 Å². The maximum atomic E-state index is 6.34. The Hall–Kier alpha value is -2.43.